The number of fused-ring (bicyclic) bond motifs is 1. The largest absolute Gasteiger partial charge is 0.356 e. The molecule has 0 aliphatic carbocycles. The van der Waals surface area contributed by atoms with E-state index in [-0.39, 0.29) is 18.2 Å². The van der Waals surface area contributed by atoms with E-state index in [1.807, 2.05) is 6.92 Å². The monoisotopic (exact) mass is 397 g/mol. The van der Waals surface area contributed by atoms with Gasteiger partial charge in [-0.25, -0.2) is 0 Å². The van der Waals surface area contributed by atoms with Gasteiger partial charge in [0.15, 0.2) is 5.58 Å². The summed E-state index contributed by atoms with van der Waals surface area (Å²) in [7, 11) is 0. The van der Waals surface area contributed by atoms with Gasteiger partial charge in [-0.2, -0.15) is 0 Å². The third kappa shape index (κ3) is 3.36. The Morgan fingerprint density at radius 3 is 2.82 bits per heavy atom. The molecule has 4 rings (SSSR count). The lowest BCUT2D eigenvalue weighted by Crippen LogP contribution is -2.39. The first-order chi connectivity index (χ1) is 13.4. The number of halogens is 1. The van der Waals surface area contributed by atoms with Crippen LogP contribution in [0.1, 0.15) is 40.4 Å². The second-order valence-corrected chi connectivity index (χ2v) is 7.11. The van der Waals surface area contributed by atoms with Crippen LogP contribution in [0.3, 0.4) is 0 Å². The van der Waals surface area contributed by atoms with Gasteiger partial charge in [0.2, 0.25) is 11.8 Å². The number of nitrogens with zero attached hydrogens (tertiary/aromatic N) is 1. The Balaban J connectivity index is 1.62. The van der Waals surface area contributed by atoms with E-state index in [1.165, 1.54) is 0 Å². The number of imide groups is 1. The van der Waals surface area contributed by atoms with Crippen LogP contribution in [0.5, 0.6) is 0 Å². The average molecular weight is 398 g/mol. The molecule has 1 unspecified atom stereocenters. The van der Waals surface area contributed by atoms with Gasteiger partial charge < -0.3 is 9.84 Å². The minimum atomic E-state index is -0.569. The molecule has 8 heteroatoms. The molecule has 1 fully saturated rings. The minimum Gasteiger partial charge on any atom is -0.356 e. The number of aromatic nitrogens is 1. The number of nitrogens with one attached hydrogen (secondary N) is 2. The quantitative estimate of drug-likeness (QED) is 0.658. The molecule has 0 saturated carbocycles. The number of rotatable bonds is 3. The highest BCUT2D eigenvalue weighted by Gasteiger charge is 2.31. The van der Waals surface area contributed by atoms with Crippen LogP contribution in [0.15, 0.2) is 40.9 Å². The Labute approximate surface area is 165 Å². The van der Waals surface area contributed by atoms with Gasteiger partial charge in [0.25, 0.3) is 5.91 Å². The lowest BCUT2D eigenvalue weighted by atomic mass is 9.93. The number of benzene rings is 2. The smallest absolute Gasteiger partial charge is 0.255 e. The molecule has 2 heterocycles. The van der Waals surface area contributed by atoms with Gasteiger partial charge in [-0.3, -0.25) is 19.7 Å². The number of anilines is 1. The molecular formula is C20H16ClN3O4. The number of amides is 3. The van der Waals surface area contributed by atoms with Crippen molar-refractivity contribution in [2.75, 3.05) is 5.32 Å². The highest BCUT2D eigenvalue weighted by atomic mass is 35.5. The van der Waals surface area contributed by atoms with E-state index in [1.54, 1.807) is 36.4 Å². The molecule has 0 radical (unpaired) electrons. The first-order valence-electron chi connectivity index (χ1n) is 8.73. The molecule has 1 aliphatic heterocycles. The summed E-state index contributed by atoms with van der Waals surface area (Å²) in [6, 6.07) is 10.2. The molecule has 3 aromatic rings. The summed E-state index contributed by atoms with van der Waals surface area (Å²) < 4.78 is 5.31. The molecule has 0 bridgehead atoms. The van der Waals surface area contributed by atoms with Gasteiger partial charge in [0.1, 0.15) is 5.69 Å². The van der Waals surface area contributed by atoms with E-state index in [0.29, 0.717) is 39.4 Å². The maximum Gasteiger partial charge on any atom is 0.255 e. The summed E-state index contributed by atoms with van der Waals surface area (Å²) in [5, 5.41) is 10.3. The molecule has 1 atom stereocenters. The second-order valence-electron chi connectivity index (χ2n) is 6.70. The highest BCUT2D eigenvalue weighted by Crippen LogP contribution is 2.32. The molecule has 3 amide bonds. The molecule has 7 nitrogen and oxygen atoms in total. The Bertz CT molecular complexity index is 1120. The summed E-state index contributed by atoms with van der Waals surface area (Å²) in [5.74, 6) is -1.56. The number of carbonyl (C=O) groups is 3. The maximum atomic E-state index is 12.5. The average Bonchev–Trinajstić information content (AvgIpc) is 3.07. The van der Waals surface area contributed by atoms with Crippen LogP contribution in [0, 0.1) is 6.92 Å². The van der Waals surface area contributed by atoms with Gasteiger partial charge in [-0.15, -0.1) is 0 Å². The highest BCUT2D eigenvalue weighted by molar-refractivity contribution is 6.31. The van der Waals surface area contributed by atoms with Crippen molar-refractivity contribution in [3.63, 3.8) is 0 Å². The van der Waals surface area contributed by atoms with Crippen molar-refractivity contribution in [3.05, 3.63) is 58.2 Å². The first-order valence-corrected chi connectivity index (χ1v) is 9.10. The lowest BCUT2D eigenvalue weighted by Gasteiger charge is -2.18. The van der Waals surface area contributed by atoms with Gasteiger partial charge in [-0.05, 0) is 49.2 Å². The molecule has 1 aliphatic rings. The van der Waals surface area contributed by atoms with Crippen molar-refractivity contribution in [3.8, 4) is 0 Å². The molecule has 28 heavy (non-hydrogen) atoms. The zero-order valence-electron chi connectivity index (χ0n) is 14.9. The second kappa shape index (κ2) is 7.09. The molecule has 2 N–H and O–H groups in total. The van der Waals surface area contributed by atoms with Crippen molar-refractivity contribution in [2.24, 2.45) is 0 Å². The van der Waals surface area contributed by atoms with E-state index in [2.05, 4.69) is 15.8 Å². The number of hydrogen-bond donors (Lipinski definition) is 2. The molecule has 1 aromatic heterocycles. The van der Waals surface area contributed by atoms with Crippen molar-refractivity contribution < 1.29 is 18.9 Å². The fourth-order valence-corrected chi connectivity index (χ4v) is 3.36. The summed E-state index contributed by atoms with van der Waals surface area (Å²) in [5.41, 5.74) is 2.81. The molecule has 0 spiro atoms. The Morgan fingerprint density at radius 2 is 2.07 bits per heavy atom. The van der Waals surface area contributed by atoms with Gasteiger partial charge in [-0.1, -0.05) is 22.8 Å². The van der Waals surface area contributed by atoms with E-state index in [9.17, 15) is 14.4 Å². The van der Waals surface area contributed by atoms with Crippen molar-refractivity contribution in [1.29, 1.82) is 0 Å². The summed E-state index contributed by atoms with van der Waals surface area (Å²) >= 11 is 6.09. The molecule has 2 aromatic carbocycles. The maximum absolute atomic E-state index is 12.5. The number of piperidine rings is 1. The van der Waals surface area contributed by atoms with Crippen molar-refractivity contribution in [1.82, 2.24) is 10.5 Å². The molecular weight excluding hydrogens is 382 g/mol. The number of aryl methyl sites for hydroxylation is 1. The summed E-state index contributed by atoms with van der Waals surface area (Å²) in [6.45, 7) is 1.86. The molecule has 1 saturated heterocycles. The van der Waals surface area contributed by atoms with Crippen LogP contribution in [0.4, 0.5) is 5.69 Å². The Kier molecular flexibility index (Phi) is 4.60. The predicted molar refractivity (Wildman–Crippen MR) is 103 cm³/mol. The van der Waals surface area contributed by atoms with Gasteiger partial charge >= 0.3 is 0 Å². The SMILES string of the molecule is Cc1ccc(C(=O)Nc2ccc3onc(C4CCC(=O)NC4=O)c3c2)cc1Cl. The van der Waals surface area contributed by atoms with Gasteiger partial charge in [0, 0.05) is 28.1 Å². The fraction of sp³-hybridized carbons (Fsp3) is 0.200. The van der Waals surface area contributed by atoms with E-state index < -0.39 is 11.8 Å². The van der Waals surface area contributed by atoms with E-state index in [4.69, 9.17) is 16.1 Å². The normalized spacial score (nSPS) is 16.9. The molecule has 142 valence electrons. The topological polar surface area (TPSA) is 101 Å². The Hall–Kier alpha value is -3.19. The summed E-state index contributed by atoms with van der Waals surface area (Å²) in [6.07, 6.45) is 0.611. The number of carbonyl (C=O) groups excluding carboxylic acids is 3. The zero-order chi connectivity index (χ0) is 19.8. The summed E-state index contributed by atoms with van der Waals surface area (Å²) in [4.78, 5) is 36.0. The standard InChI is InChI=1S/C20H16ClN3O4/c1-10-2-3-11(8-15(10)21)19(26)22-12-4-6-16-14(9-12)18(24-28-16)13-5-7-17(25)23-20(13)27/h2-4,6,8-9,13H,5,7H2,1H3,(H,22,26)(H,23,25,27). The zero-order valence-corrected chi connectivity index (χ0v) is 15.7. The van der Waals surface area contributed by atoms with Crippen molar-refractivity contribution in [2.45, 2.75) is 25.7 Å². The van der Waals surface area contributed by atoms with Gasteiger partial charge in [0.05, 0.1) is 5.92 Å². The van der Waals surface area contributed by atoms with E-state index >= 15 is 0 Å². The fourth-order valence-electron chi connectivity index (χ4n) is 3.18. The lowest BCUT2D eigenvalue weighted by molar-refractivity contribution is -0.134. The number of hydrogen-bond acceptors (Lipinski definition) is 5. The Morgan fingerprint density at radius 1 is 1.25 bits per heavy atom. The van der Waals surface area contributed by atoms with Crippen LogP contribution in [0.2, 0.25) is 5.02 Å². The third-order valence-corrected chi connectivity index (χ3v) is 5.17. The van der Waals surface area contributed by atoms with Crippen LogP contribution in [-0.4, -0.2) is 22.9 Å². The van der Waals surface area contributed by atoms with Crippen molar-refractivity contribution >= 4 is 46.0 Å². The van der Waals surface area contributed by atoms with Crippen LogP contribution >= 0.6 is 11.6 Å². The first kappa shape index (κ1) is 18.2. The van der Waals surface area contributed by atoms with E-state index in [0.717, 1.165) is 5.56 Å². The third-order valence-electron chi connectivity index (χ3n) is 4.76. The van der Waals surface area contributed by atoms with Crippen LogP contribution < -0.4 is 10.6 Å². The van der Waals surface area contributed by atoms with Crippen LogP contribution in [-0.2, 0) is 9.59 Å². The predicted octanol–water partition coefficient (Wildman–Crippen LogP) is 3.56. The minimum absolute atomic E-state index is 0.245. The van der Waals surface area contributed by atoms with Crippen LogP contribution in [0.25, 0.3) is 11.0 Å².